The Morgan fingerprint density at radius 2 is 2.00 bits per heavy atom. The molecule has 2 aromatic carbocycles. The molecule has 0 saturated carbocycles. The quantitative estimate of drug-likeness (QED) is 0.874. The second-order valence-electron chi connectivity index (χ2n) is 6.35. The van der Waals surface area contributed by atoms with E-state index in [4.69, 9.17) is 21.1 Å². The zero-order chi connectivity index (χ0) is 19.0. The van der Waals surface area contributed by atoms with Crippen LogP contribution >= 0.6 is 11.6 Å². The van der Waals surface area contributed by atoms with Crippen LogP contribution < -0.4 is 19.7 Å². The number of carbonyl (C=O) groups is 2. The first-order valence-corrected chi connectivity index (χ1v) is 8.92. The van der Waals surface area contributed by atoms with E-state index in [9.17, 15) is 9.59 Å². The van der Waals surface area contributed by atoms with Crippen molar-refractivity contribution in [2.45, 2.75) is 6.92 Å². The van der Waals surface area contributed by atoms with Crippen LogP contribution in [0.25, 0.3) is 0 Å². The number of anilines is 2. The van der Waals surface area contributed by atoms with E-state index >= 15 is 0 Å². The molecular weight excluding hydrogens is 370 g/mol. The molecule has 140 valence electrons. The Bertz CT molecular complexity index is 918. The van der Waals surface area contributed by atoms with E-state index < -0.39 is 0 Å². The monoisotopic (exact) mass is 387 g/mol. The summed E-state index contributed by atoms with van der Waals surface area (Å²) in [5, 5.41) is 3.40. The zero-order valence-corrected chi connectivity index (χ0v) is 15.5. The molecule has 2 aliphatic heterocycles. The highest BCUT2D eigenvalue weighted by atomic mass is 35.5. The van der Waals surface area contributed by atoms with Crippen LogP contribution in [0.1, 0.15) is 5.56 Å². The Labute approximate surface area is 161 Å². The molecule has 0 aliphatic carbocycles. The summed E-state index contributed by atoms with van der Waals surface area (Å²) >= 11 is 6.08. The topological polar surface area (TPSA) is 71.1 Å². The summed E-state index contributed by atoms with van der Waals surface area (Å²) in [6.45, 7) is 2.96. The molecule has 1 saturated heterocycles. The highest BCUT2D eigenvalue weighted by Crippen LogP contribution is 2.36. The van der Waals surface area contributed by atoms with Crippen LogP contribution in [-0.2, 0) is 4.79 Å². The first-order chi connectivity index (χ1) is 13.0. The molecule has 1 N–H and O–H groups in total. The first kappa shape index (κ1) is 17.5. The summed E-state index contributed by atoms with van der Waals surface area (Å²) in [5.41, 5.74) is 2.16. The van der Waals surface area contributed by atoms with Crippen LogP contribution in [0.2, 0.25) is 5.02 Å². The molecule has 1 fully saturated rings. The van der Waals surface area contributed by atoms with Gasteiger partial charge in [0.2, 0.25) is 12.7 Å². The number of nitrogens with one attached hydrogen (secondary N) is 1. The minimum absolute atomic E-state index is 0.0220. The van der Waals surface area contributed by atoms with Crippen molar-refractivity contribution in [3.63, 3.8) is 0 Å². The average Bonchev–Trinajstić information content (AvgIpc) is 3.25. The summed E-state index contributed by atoms with van der Waals surface area (Å²) in [6.07, 6.45) is 0. The maximum Gasteiger partial charge on any atom is 0.325 e. The van der Waals surface area contributed by atoms with Gasteiger partial charge in [0.25, 0.3) is 0 Å². The van der Waals surface area contributed by atoms with Gasteiger partial charge in [0.05, 0.1) is 0 Å². The van der Waals surface area contributed by atoms with E-state index in [-0.39, 0.29) is 25.3 Å². The molecule has 3 amide bonds. The number of fused-ring (bicyclic) bond motifs is 1. The summed E-state index contributed by atoms with van der Waals surface area (Å²) in [6, 6.07) is 10.5. The normalized spacial score (nSPS) is 15.4. The maximum atomic E-state index is 12.7. The summed E-state index contributed by atoms with van der Waals surface area (Å²) in [4.78, 5) is 28.2. The lowest BCUT2D eigenvalue weighted by Gasteiger charge is -2.19. The van der Waals surface area contributed by atoms with Gasteiger partial charge in [0.15, 0.2) is 11.5 Å². The smallest absolute Gasteiger partial charge is 0.325 e. The Balaban J connectivity index is 1.41. The fourth-order valence-electron chi connectivity index (χ4n) is 3.13. The first-order valence-electron chi connectivity index (χ1n) is 8.54. The maximum absolute atomic E-state index is 12.7. The number of nitrogens with zero attached hydrogens (tertiary/aromatic N) is 2. The van der Waals surface area contributed by atoms with Gasteiger partial charge in [-0.2, -0.15) is 0 Å². The third-order valence-corrected chi connectivity index (χ3v) is 5.05. The molecule has 0 aromatic heterocycles. The lowest BCUT2D eigenvalue weighted by molar-refractivity contribution is -0.116. The van der Waals surface area contributed by atoms with Gasteiger partial charge in [-0.05, 0) is 36.8 Å². The van der Waals surface area contributed by atoms with Crippen molar-refractivity contribution in [3.05, 3.63) is 47.0 Å². The van der Waals surface area contributed by atoms with Gasteiger partial charge in [-0.25, -0.2) is 4.79 Å². The molecule has 2 aromatic rings. The summed E-state index contributed by atoms with van der Waals surface area (Å²) < 4.78 is 10.7. The molecule has 2 aliphatic rings. The van der Waals surface area contributed by atoms with Gasteiger partial charge < -0.3 is 19.7 Å². The van der Waals surface area contributed by atoms with Gasteiger partial charge in [-0.15, -0.1) is 0 Å². The Kier molecular flexibility index (Phi) is 4.53. The molecule has 27 heavy (non-hydrogen) atoms. The van der Waals surface area contributed by atoms with E-state index in [1.165, 1.54) is 4.90 Å². The fourth-order valence-corrected chi connectivity index (χ4v) is 3.30. The number of carbonyl (C=O) groups excluding carboxylic acids is 2. The minimum atomic E-state index is -0.263. The number of rotatable bonds is 4. The number of benzene rings is 2. The van der Waals surface area contributed by atoms with Crippen molar-refractivity contribution in [1.29, 1.82) is 0 Å². The molecule has 0 unspecified atom stereocenters. The van der Waals surface area contributed by atoms with Crippen molar-refractivity contribution >= 4 is 34.9 Å². The molecule has 7 nitrogen and oxygen atoms in total. The fraction of sp³-hybridized carbons (Fsp3) is 0.263. The second kappa shape index (κ2) is 7.00. The van der Waals surface area contributed by atoms with Crippen LogP contribution in [0.5, 0.6) is 11.5 Å². The molecule has 0 atom stereocenters. The molecule has 0 spiro atoms. The number of hydrogen-bond acceptors (Lipinski definition) is 4. The van der Waals surface area contributed by atoms with Crippen molar-refractivity contribution in [2.24, 2.45) is 0 Å². The molecule has 4 rings (SSSR count). The predicted octanol–water partition coefficient (Wildman–Crippen LogP) is 3.26. The van der Waals surface area contributed by atoms with Crippen molar-refractivity contribution in [3.8, 4) is 11.5 Å². The van der Waals surface area contributed by atoms with E-state index in [1.54, 1.807) is 35.2 Å². The number of ether oxygens (including phenoxy) is 2. The van der Waals surface area contributed by atoms with Crippen LogP contribution in [0, 0.1) is 6.92 Å². The van der Waals surface area contributed by atoms with E-state index in [0.29, 0.717) is 35.3 Å². The second-order valence-corrected chi connectivity index (χ2v) is 6.76. The van der Waals surface area contributed by atoms with Crippen molar-refractivity contribution < 1.29 is 19.1 Å². The molecule has 0 radical (unpaired) electrons. The summed E-state index contributed by atoms with van der Waals surface area (Å²) in [5.74, 6) is 1.02. The molecule has 0 bridgehead atoms. The zero-order valence-electron chi connectivity index (χ0n) is 14.7. The number of amides is 3. The van der Waals surface area contributed by atoms with E-state index in [2.05, 4.69) is 5.32 Å². The number of halogens is 1. The highest BCUT2D eigenvalue weighted by molar-refractivity contribution is 6.31. The lowest BCUT2D eigenvalue weighted by Crippen LogP contribution is -2.37. The molecule has 2 heterocycles. The Morgan fingerprint density at radius 3 is 2.85 bits per heavy atom. The standard InChI is InChI=1S/C19H18ClN3O4/c1-12-14(20)3-2-4-15(12)21-18(24)10-22-7-8-23(19(22)25)13-5-6-16-17(9-13)27-11-26-16/h2-6,9H,7-8,10-11H2,1H3,(H,21,24). The van der Waals surface area contributed by atoms with Crippen LogP contribution in [0.3, 0.4) is 0 Å². The van der Waals surface area contributed by atoms with Gasteiger partial charge in [-0.1, -0.05) is 17.7 Å². The average molecular weight is 388 g/mol. The van der Waals surface area contributed by atoms with Crippen molar-refractivity contribution in [1.82, 2.24) is 4.90 Å². The van der Waals surface area contributed by atoms with Gasteiger partial charge in [0.1, 0.15) is 6.54 Å². The van der Waals surface area contributed by atoms with Crippen LogP contribution in [-0.4, -0.2) is 43.3 Å². The predicted molar refractivity (Wildman–Crippen MR) is 102 cm³/mol. The minimum Gasteiger partial charge on any atom is -0.454 e. The molecule has 8 heteroatoms. The Morgan fingerprint density at radius 1 is 1.19 bits per heavy atom. The Hall–Kier alpha value is -2.93. The van der Waals surface area contributed by atoms with Gasteiger partial charge in [0, 0.05) is 35.6 Å². The third kappa shape index (κ3) is 3.38. The largest absolute Gasteiger partial charge is 0.454 e. The van der Waals surface area contributed by atoms with E-state index in [0.717, 1.165) is 11.3 Å². The van der Waals surface area contributed by atoms with Crippen molar-refractivity contribution in [2.75, 3.05) is 36.6 Å². The van der Waals surface area contributed by atoms with Gasteiger partial charge in [-0.3, -0.25) is 9.69 Å². The highest BCUT2D eigenvalue weighted by Gasteiger charge is 2.31. The number of hydrogen-bond donors (Lipinski definition) is 1. The third-order valence-electron chi connectivity index (χ3n) is 4.64. The van der Waals surface area contributed by atoms with Gasteiger partial charge >= 0.3 is 6.03 Å². The van der Waals surface area contributed by atoms with Crippen LogP contribution in [0.15, 0.2) is 36.4 Å². The lowest BCUT2D eigenvalue weighted by atomic mass is 10.2. The summed E-state index contributed by atoms with van der Waals surface area (Å²) in [7, 11) is 0. The number of urea groups is 1. The molecular formula is C19H18ClN3O4. The van der Waals surface area contributed by atoms with E-state index in [1.807, 2.05) is 13.0 Å². The SMILES string of the molecule is Cc1c(Cl)cccc1NC(=O)CN1CCN(c2ccc3c(c2)OCO3)C1=O. The van der Waals surface area contributed by atoms with Crippen LogP contribution in [0.4, 0.5) is 16.2 Å².